The van der Waals surface area contributed by atoms with Crippen LogP contribution in [-0.4, -0.2) is 5.97 Å². The number of benzene rings is 1. The van der Waals surface area contributed by atoms with Crippen LogP contribution in [0, 0.1) is 17.3 Å². The Kier molecular flexibility index (Phi) is 4.64. The molecule has 1 aliphatic carbocycles. The van der Waals surface area contributed by atoms with E-state index in [1.54, 1.807) is 18.2 Å². The van der Waals surface area contributed by atoms with Crippen molar-refractivity contribution in [3.05, 3.63) is 45.7 Å². The number of hydrogen-bond acceptors (Lipinski definition) is 2. The molecule has 2 nitrogen and oxygen atoms in total. The Balaban J connectivity index is 2.02. The smallest absolute Gasteiger partial charge is 0.310 e. The Morgan fingerprint density at radius 1 is 1.38 bits per heavy atom. The maximum atomic E-state index is 13.0. The Morgan fingerprint density at radius 3 is 2.48 bits per heavy atom. The van der Waals surface area contributed by atoms with Crippen molar-refractivity contribution >= 4 is 29.2 Å². The standard InChI is InChI=1S/C16H17Cl2FO2/c1-9(19)7-11-14(16(11,2)3)15(20)21-8-10-12(17)5-4-6-13(10)18/h4-7,11,14H,8H2,1-3H3/t11-,14+/m1/s1. The van der Waals surface area contributed by atoms with Gasteiger partial charge in [0.25, 0.3) is 0 Å². The molecule has 0 saturated heterocycles. The summed E-state index contributed by atoms with van der Waals surface area (Å²) in [5.41, 5.74) is 0.302. The monoisotopic (exact) mass is 330 g/mol. The van der Waals surface area contributed by atoms with Crippen LogP contribution in [0.15, 0.2) is 30.1 Å². The molecule has 0 N–H and O–H groups in total. The predicted molar refractivity (Wildman–Crippen MR) is 81.9 cm³/mol. The van der Waals surface area contributed by atoms with Gasteiger partial charge in [-0.2, -0.15) is 0 Å². The molecule has 0 unspecified atom stereocenters. The minimum Gasteiger partial charge on any atom is -0.460 e. The molecule has 1 aliphatic rings. The lowest BCUT2D eigenvalue weighted by atomic mass is 10.1. The largest absolute Gasteiger partial charge is 0.460 e. The van der Waals surface area contributed by atoms with Gasteiger partial charge in [-0.25, -0.2) is 4.39 Å². The van der Waals surface area contributed by atoms with E-state index in [9.17, 15) is 9.18 Å². The summed E-state index contributed by atoms with van der Waals surface area (Å²) in [5, 5.41) is 0.919. The van der Waals surface area contributed by atoms with E-state index in [0.717, 1.165) is 0 Å². The number of esters is 1. The van der Waals surface area contributed by atoms with Gasteiger partial charge in [0.05, 0.1) is 11.7 Å². The first-order valence-corrected chi connectivity index (χ1v) is 7.44. The van der Waals surface area contributed by atoms with Crippen molar-refractivity contribution in [2.24, 2.45) is 17.3 Å². The van der Waals surface area contributed by atoms with Crippen LogP contribution < -0.4 is 0 Å². The molecule has 1 saturated carbocycles. The fourth-order valence-electron chi connectivity index (χ4n) is 2.59. The fourth-order valence-corrected chi connectivity index (χ4v) is 3.10. The Hall–Kier alpha value is -1.06. The number of hydrogen-bond donors (Lipinski definition) is 0. The molecule has 2 rings (SSSR count). The van der Waals surface area contributed by atoms with E-state index in [4.69, 9.17) is 27.9 Å². The van der Waals surface area contributed by atoms with E-state index in [-0.39, 0.29) is 35.7 Å². The first-order valence-electron chi connectivity index (χ1n) is 6.68. The van der Waals surface area contributed by atoms with Crippen molar-refractivity contribution in [2.75, 3.05) is 0 Å². The van der Waals surface area contributed by atoms with E-state index in [0.29, 0.717) is 15.6 Å². The molecule has 0 heterocycles. The van der Waals surface area contributed by atoms with Crippen molar-refractivity contribution in [1.82, 2.24) is 0 Å². The lowest BCUT2D eigenvalue weighted by Gasteiger charge is -2.09. The van der Waals surface area contributed by atoms with E-state index in [1.807, 2.05) is 13.8 Å². The highest BCUT2D eigenvalue weighted by Gasteiger charge is 2.61. The average molecular weight is 331 g/mol. The van der Waals surface area contributed by atoms with E-state index in [1.165, 1.54) is 13.0 Å². The summed E-state index contributed by atoms with van der Waals surface area (Å²) >= 11 is 12.1. The SMILES string of the molecule is CC(F)=C[C@@H]1[C@@H](C(=O)OCc2c(Cl)cccc2Cl)C1(C)C. The molecule has 21 heavy (non-hydrogen) atoms. The molecule has 5 heteroatoms. The lowest BCUT2D eigenvalue weighted by Crippen LogP contribution is -2.11. The third-order valence-electron chi connectivity index (χ3n) is 3.99. The topological polar surface area (TPSA) is 26.3 Å². The van der Waals surface area contributed by atoms with E-state index in [2.05, 4.69) is 0 Å². The van der Waals surface area contributed by atoms with Gasteiger partial charge in [0, 0.05) is 15.6 Å². The molecule has 1 fully saturated rings. The summed E-state index contributed by atoms with van der Waals surface area (Å²) in [6.07, 6.45) is 1.48. The summed E-state index contributed by atoms with van der Waals surface area (Å²) in [7, 11) is 0. The number of rotatable bonds is 4. The van der Waals surface area contributed by atoms with Gasteiger partial charge in [-0.3, -0.25) is 4.79 Å². The minimum atomic E-state index is -0.349. The maximum absolute atomic E-state index is 13.0. The summed E-state index contributed by atoms with van der Waals surface area (Å²) in [6.45, 7) is 5.24. The molecule has 1 aromatic rings. The molecule has 0 radical (unpaired) electrons. The number of allylic oxidation sites excluding steroid dienone is 2. The van der Waals surface area contributed by atoms with Gasteiger partial charge in [0.1, 0.15) is 6.61 Å². The molecule has 0 spiro atoms. The molecule has 2 atom stereocenters. The fraction of sp³-hybridized carbons (Fsp3) is 0.438. The third kappa shape index (κ3) is 3.41. The van der Waals surface area contributed by atoms with Crippen LogP contribution in [0.4, 0.5) is 4.39 Å². The van der Waals surface area contributed by atoms with Crippen LogP contribution in [0.5, 0.6) is 0 Å². The van der Waals surface area contributed by atoms with Crippen molar-refractivity contribution in [3.8, 4) is 0 Å². The van der Waals surface area contributed by atoms with Crippen LogP contribution in [0.3, 0.4) is 0 Å². The maximum Gasteiger partial charge on any atom is 0.310 e. The van der Waals surface area contributed by atoms with Crippen LogP contribution in [0.2, 0.25) is 10.0 Å². The van der Waals surface area contributed by atoms with Crippen LogP contribution in [0.25, 0.3) is 0 Å². The molecular formula is C16H17Cl2FO2. The van der Waals surface area contributed by atoms with Crippen molar-refractivity contribution in [3.63, 3.8) is 0 Å². The molecule has 114 valence electrons. The van der Waals surface area contributed by atoms with Crippen LogP contribution in [0.1, 0.15) is 26.3 Å². The zero-order valence-corrected chi connectivity index (χ0v) is 13.6. The molecule has 0 bridgehead atoms. The van der Waals surface area contributed by atoms with Gasteiger partial charge in [-0.05, 0) is 36.5 Å². The number of carbonyl (C=O) groups is 1. The highest BCUT2D eigenvalue weighted by molar-refractivity contribution is 6.35. The molecular weight excluding hydrogens is 314 g/mol. The normalized spacial score (nSPS) is 23.8. The highest BCUT2D eigenvalue weighted by Crippen LogP contribution is 2.60. The number of ether oxygens (including phenoxy) is 1. The van der Waals surface area contributed by atoms with Gasteiger partial charge in [0.2, 0.25) is 0 Å². The summed E-state index contributed by atoms with van der Waals surface area (Å²) in [5.74, 6) is -1.09. The molecule has 0 aliphatic heterocycles. The first kappa shape index (κ1) is 16.3. The molecule has 1 aromatic carbocycles. The Bertz CT molecular complexity index is 572. The van der Waals surface area contributed by atoms with Crippen molar-refractivity contribution in [1.29, 1.82) is 0 Å². The number of carbonyl (C=O) groups excluding carboxylic acids is 1. The highest BCUT2D eigenvalue weighted by atomic mass is 35.5. The second-order valence-corrected chi connectivity index (χ2v) is 6.70. The van der Waals surface area contributed by atoms with Crippen LogP contribution in [-0.2, 0) is 16.1 Å². The second kappa shape index (κ2) is 5.98. The summed E-state index contributed by atoms with van der Waals surface area (Å²) in [6, 6.07) is 5.11. The second-order valence-electron chi connectivity index (χ2n) is 5.89. The number of halogens is 3. The van der Waals surface area contributed by atoms with Crippen LogP contribution >= 0.6 is 23.2 Å². The summed E-state index contributed by atoms with van der Waals surface area (Å²) < 4.78 is 18.3. The van der Waals surface area contributed by atoms with E-state index < -0.39 is 0 Å². The predicted octanol–water partition coefficient (Wildman–Crippen LogP) is 5.18. The van der Waals surface area contributed by atoms with Gasteiger partial charge in [0.15, 0.2) is 0 Å². The van der Waals surface area contributed by atoms with Gasteiger partial charge < -0.3 is 4.74 Å². The van der Waals surface area contributed by atoms with Gasteiger partial charge in [-0.15, -0.1) is 0 Å². The van der Waals surface area contributed by atoms with Crippen molar-refractivity contribution in [2.45, 2.75) is 27.4 Å². The zero-order chi connectivity index (χ0) is 15.8. The van der Waals surface area contributed by atoms with Gasteiger partial charge >= 0.3 is 5.97 Å². The Labute approximate surface area is 133 Å². The average Bonchev–Trinajstić information content (AvgIpc) is 2.89. The molecule has 0 amide bonds. The minimum absolute atomic E-state index is 0.0228. The quantitative estimate of drug-likeness (QED) is 0.711. The van der Waals surface area contributed by atoms with Crippen molar-refractivity contribution < 1.29 is 13.9 Å². The third-order valence-corrected chi connectivity index (χ3v) is 4.70. The zero-order valence-electron chi connectivity index (χ0n) is 12.1. The first-order chi connectivity index (χ1) is 9.75. The van der Waals surface area contributed by atoms with E-state index >= 15 is 0 Å². The van der Waals surface area contributed by atoms with Gasteiger partial charge in [-0.1, -0.05) is 43.1 Å². The molecule has 0 aromatic heterocycles. The summed E-state index contributed by atoms with van der Waals surface area (Å²) in [4.78, 5) is 12.1. The lowest BCUT2D eigenvalue weighted by molar-refractivity contribution is -0.147. The Morgan fingerprint density at radius 2 is 1.95 bits per heavy atom.